The molecule has 4 aromatic carbocycles. The first-order valence-electron chi connectivity index (χ1n) is 13.1. The van der Waals surface area contributed by atoms with Crippen molar-refractivity contribution >= 4 is 33.9 Å². The van der Waals surface area contributed by atoms with Gasteiger partial charge in [0.1, 0.15) is 0 Å². The highest BCUT2D eigenvalue weighted by atomic mass is 16.2. The number of aryl methyl sites for hydroxylation is 1. The van der Waals surface area contributed by atoms with Crippen LogP contribution in [0.3, 0.4) is 0 Å². The van der Waals surface area contributed by atoms with E-state index in [-0.39, 0.29) is 11.8 Å². The van der Waals surface area contributed by atoms with Gasteiger partial charge in [0.25, 0.3) is 5.91 Å². The van der Waals surface area contributed by atoms with Gasteiger partial charge in [-0.3, -0.25) is 4.79 Å². The summed E-state index contributed by atoms with van der Waals surface area (Å²) in [6.07, 6.45) is 5.54. The molecule has 41 heavy (non-hydrogen) atoms. The molecule has 0 aliphatic carbocycles. The van der Waals surface area contributed by atoms with Gasteiger partial charge >= 0.3 is 0 Å². The Morgan fingerprint density at radius 3 is 2.00 bits per heavy atom. The highest BCUT2D eigenvalue weighted by molar-refractivity contribution is 5.95. The summed E-state index contributed by atoms with van der Waals surface area (Å²) in [5, 5.41) is 25.1. The highest BCUT2D eigenvalue weighted by Crippen LogP contribution is 2.40. The minimum absolute atomic E-state index is 0.239. The van der Waals surface area contributed by atoms with Crippen LogP contribution in [0.2, 0.25) is 0 Å². The summed E-state index contributed by atoms with van der Waals surface area (Å²) >= 11 is 0. The van der Waals surface area contributed by atoms with Crippen LogP contribution in [0.4, 0.5) is 0 Å². The minimum Gasteiger partial charge on any atom is -0.361 e. The number of nitrogens with zero attached hydrogens (tertiary/aromatic N) is 3. The third kappa shape index (κ3) is 4.96. The lowest BCUT2D eigenvalue weighted by Gasteiger charge is -2.18. The molecule has 0 unspecified atom stereocenters. The normalized spacial score (nSPS) is 11.2. The summed E-state index contributed by atoms with van der Waals surface area (Å²) in [7, 11) is 0. The van der Waals surface area contributed by atoms with Crippen molar-refractivity contribution in [1.82, 2.24) is 15.4 Å². The van der Waals surface area contributed by atoms with Crippen molar-refractivity contribution < 1.29 is 4.79 Å². The van der Waals surface area contributed by atoms with E-state index in [2.05, 4.69) is 32.6 Å². The first-order chi connectivity index (χ1) is 20.0. The smallest absolute Gasteiger partial charge is 0.271 e. The van der Waals surface area contributed by atoms with Crippen LogP contribution >= 0.6 is 0 Å². The molecule has 6 rings (SSSR count). The molecule has 0 saturated heterocycles. The summed E-state index contributed by atoms with van der Waals surface area (Å²) in [5.41, 5.74) is 11.0. The monoisotopic (exact) mass is 532 g/mol. The van der Waals surface area contributed by atoms with Crippen molar-refractivity contribution in [3.8, 4) is 12.1 Å². The number of amides is 1. The number of nitrogens with one attached hydrogen (secondary N) is 3. The summed E-state index contributed by atoms with van der Waals surface area (Å²) in [4.78, 5) is 19.5. The van der Waals surface area contributed by atoms with Gasteiger partial charge in [-0.15, -0.1) is 0 Å². The van der Waals surface area contributed by atoms with Crippen molar-refractivity contribution in [2.24, 2.45) is 5.10 Å². The zero-order valence-corrected chi connectivity index (χ0v) is 22.1. The van der Waals surface area contributed by atoms with E-state index < -0.39 is 0 Å². The second kappa shape index (κ2) is 10.7. The van der Waals surface area contributed by atoms with E-state index in [0.717, 1.165) is 49.6 Å². The van der Waals surface area contributed by atoms with E-state index in [1.165, 1.54) is 0 Å². The van der Waals surface area contributed by atoms with Crippen molar-refractivity contribution in [3.05, 3.63) is 142 Å². The van der Waals surface area contributed by atoms with Gasteiger partial charge in [0, 0.05) is 45.7 Å². The second-order valence-corrected chi connectivity index (χ2v) is 9.90. The molecule has 3 N–H and O–H groups in total. The van der Waals surface area contributed by atoms with Crippen LogP contribution in [0.1, 0.15) is 55.2 Å². The third-order valence-electron chi connectivity index (χ3n) is 7.24. The molecule has 0 fully saturated rings. The fourth-order valence-corrected chi connectivity index (χ4v) is 5.24. The number of aromatic amines is 2. The Morgan fingerprint density at radius 2 is 1.44 bits per heavy atom. The summed E-state index contributed by atoms with van der Waals surface area (Å²) in [6.45, 7) is 2.00. The maximum atomic E-state index is 12.8. The number of H-pyrrole nitrogens is 2. The molecule has 0 atom stereocenters. The average molecular weight is 533 g/mol. The molecular formula is C34H24N6O. The van der Waals surface area contributed by atoms with Crippen LogP contribution in [0.15, 0.2) is 102 Å². The van der Waals surface area contributed by atoms with Crippen LogP contribution in [0.25, 0.3) is 21.8 Å². The Balaban J connectivity index is 1.39. The lowest BCUT2D eigenvalue weighted by molar-refractivity contribution is 0.0955. The zero-order valence-electron chi connectivity index (χ0n) is 22.1. The van der Waals surface area contributed by atoms with Gasteiger partial charge in [0.05, 0.1) is 29.5 Å². The number of hydrogen-bond acceptors (Lipinski definition) is 4. The van der Waals surface area contributed by atoms with Gasteiger partial charge < -0.3 is 9.97 Å². The van der Waals surface area contributed by atoms with E-state index in [1.54, 1.807) is 30.5 Å². The molecule has 2 aromatic heterocycles. The number of aromatic nitrogens is 2. The summed E-state index contributed by atoms with van der Waals surface area (Å²) in [5.74, 6) is -0.551. The molecule has 196 valence electrons. The molecule has 0 radical (unpaired) electrons. The van der Waals surface area contributed by atoms with Crippen molar-refractivity contribution in [1.29, 1.82) is 10.5 Å². The predicted molar refractivity (Wildman–Crippen MR) is 160 cm³/mol. The SMILES string of the molecule is Cc1cccc(/C=N/NC(=O)c2ccc(C(c3c[nH]c4ccc(C#N)cc34)c3c[nH]c4ccc(C#N)cc34)cc2)c1. The van der Waals surface area contributed by atoms with E-state index in [1.807, 2.05) is 80.0 Å². The second-order valence-electron chi connectivity index (χ2n) is 9.90. The number of fused-ring (bicyclic) bond motifs is 2. The molecule has 1 amide bonds. The number of carbonyl (C=O) groups excluding carboxylic acids is 1. The minimum atomic E-state index is -0.312. The van der Waals surface area contributed by atoms with Crippen molar-refractivity contribution in [2.45, 2.75) is 12.8 Å². The van der Waals surface area contributed by atoms with Crippen molar-refractivity contribution in [2.75, 3.05) is 0 Å². The molecule has 0 spiro atoms. The molecule has 6 aromatic rings. The molecule has 0 saturated carbocycles. The van der Waals surface area contributed by atoms with Crippen LogP contribution < -0.4 is 5.43 Å². The number of rotatable bonds is 6. The van der Waals surface area contributed by atoms with Gasteiger partial charge in [-0.1, -0.05) is 42.0 Å². The number of carbonyl (C=O) groups is 1. The Labute approximate surface area is 236 Å². The number of hydrazone groups is 1. The fourth-order valence-electron chi connectivity index (χ4n) is 5.24. The molecule has 0 bridgehead atoms. The van der Waals surface area contributed by atoms with Gasteiger partial charge in [0.15, 0.2) is 0 Å². The number of benzene rings is 4. The zero-order chi connectivity index (χ0) is 28.3. The van der Waals surface area contributed by atoms with Crippen LogP contribution in [-0.2, 0) is 0 Å². The van der Waals surface area contributed by atoms with Gasteiger partial charge in [0.2, 0.25) is 0 Å². The molecule has 0 aliphatic rings. The summed E-state index contributed by atoms with van der Waals surface area (Å²) in [6, 6.07) is 30.9. The highest BCUT2D eigenvalue weighted by Gasteiger charge is 2.24. The van der Waals surface area contributed by atoms with E-state index in [4.69, 9.17) is 0 Å². The van der Waals surface area contributed by atoms with E-state index >= 15 is 0 Å². The average Bonchev–Trinajstić information content (AvgIpc) is 3.61. The number of hydrogen-bond donors (Lipinski definition) is 3. The molecule has 2 heterocycles. The Bertz CT molecular complexity index is 1940. The van der Waals surface area contributed by atoms with Gasteiger partial charge in [-0.05, 0) is 77.7 Å². The van der Waals surface area contributed by atoms with Gasteiger partial charge in [-0.2, -0.15) is 15.6 Å². The molecule has 7 heteroatoms. The van der Waals surface area contributed by atoms with Crippen LogP contribution in [0, 0.1) is 29.6 Å². The first-order valence-corrected chi connectivity index (χ1v) is 13.1. The van der Waals surface area contributed by atoms with E-state index in [9.17, 15) is 15.3 Å². The number of nitriles is 2. The maximum absolute atomic E-state index is 12.8. The first kappa shape index (κ1) is 25.4. The molecule has 7 nitrogen and oxygen atoms in total. The standard InChI is InChI=1S/C34H24N6O/c1-21-3-2-4-24(13-21)18-39-40-34(41)26-9-7-25(8-10-26)33(29-19-37-31-11-5-22(16-35)14-27(29)31)30-20-38-32-12-6-23(17-36)15-28(30)32/h2-15,18-20,33,37-38H,1H3,(H,40,41)/b39-18+. The van der Waals surface area contributed by atoms with Crippen molar-refractivity contribution in [3.63, 3.8) is 0 Å². The topological polar surface area (TPSA) is 121 Å². The maximum Gasteiger partial charge on any atom is 0.271 e. The fraction of sp³-hybridized carbons (Fsp3) is 0.0588. The predicted octanol–water partition coefficient (Wildman–Crippen LogP) is 6.65. The Hall–Kier alpha value is -5.92. The summed E-state index contributed by atoms with van der Waals surface area (Å²) < 4.78 is 0. The van der Waals surface area contributed by atoms with Crippen LogP contribution in [0.5, 0.6) is 0 Å². The van der Waals surface area contributed by atoms with Gasteiger partial charge in [-0.25, -0.2) is 5.43 Å². The van der Waals surface area contributed by atoms with E-state index in [0.29, 0.717) is 16.7 Å². The Kier molecular flexibility index (Phi) is 6.61. The van der Waals surface area contributed by atoms with Crippen LogP contribution in [-0.4, -0.2) is 22.1 Å². The molecule has 0 aliphatic heterocycles. The lowest BCUT2D eigenvalue weighted by Crippen LogP contribution is -2.17. The third-order valence-corrected chi connectivity index (χ3v) is 7.24. The lowest BCUT2D eigenvalue weighted by atomic mass is 9.84. The largest absolute Gasteiger partial charge is 0.361 e. The Morgan fingerprint density at radius 1 is 0.829 bits per heavy atom. The molecular weight excluding hydrogens is 508 g/mol. The quantitative estimate of drug-likeness (QED) is 0.165.